The summed E-state index contributed by atoms with van der Waals surface area (Å²) in [5.74, 6) is -0.405. The van der Waals surface area contributed by atoms with Crippen LogP contribution in [0.25, 0.3) is 0 Å². The third-order valence-electron chi connectivity index (χ3n) is 3.54. The number of aromatic nitrogens is 2. The number of rotatable bonds is 7. The summed E-state index contributed by atoms with van der Waals surface area (Å²) in [6.07, 6.45) is 2.99. The average molecular weight is 335 g/mol. The molecule has 0 fully saturated rings. The molecule has 6 nitrogen and oxygen atoms in total. The molecule has 1 aromatic heterocycles. The van der Waals surface area contributed by atoms with Crippen LogP contribution in [-0.2, 0) is 28.3 Å². The van der Waals surface area contributed by atoms with Gasteiger partial charge in [-0.2, -0.15) is 4.72 Å². The molecule has 0 bridgehead atoms. The fourth-order valence-electron chi connectivity index (χ4n) is 2.30. The van der Waals surface area contributed by atoms with Gasteiger partial charge in [-0.15, -0.1) is 0 Å². The van der Waals surface area contributed by atoms with E-state index in [1.54, 1.807) is 20.9 Å². The zero-order chi connectivity index (χ0) is 17.0. The number of Topliss-reactive ketones (excluding diaryl/α,β-unsaturated/α-hetero) is 1. The molecular formula is C16H21N3O3S. The number of carbonyl (C=O) groups excluding carboxylic acids is 1. The molecule has 0 saturated carbocycles. The van der Waals surface area contributed by atoms with Gasteiger partial charge in [0.25, 0.3) is 10.0 Å². The van der Waals surface area contributed by atoms with E-state index in [9.17, 15) is 13.2 Å². The van der Waals surface area contributed by atoms with Crippen LogP contribution in [0.2, 0.25) is 0 Å². The van der Waals surface area contributed by atoms with Crippen molar-refractivity contribution in [2.45, 2.75) is 31.3 Å². The molecule has 0 saturated heterocycles. The lowest BCUT2D eigenvalue weighted by atomic mass is 9.97. The molecule has 0 aliphatic heterocycles. The number of nitrogens with zero attached hydrogens (tertiary/aromatic N) is 2. The molecule has 23 heavy (non-hydrogen) atoms. The van der Waals surface area contributed by atoms with E-state index in [1.807, 2.05) is 30.3 Å². The van der Waals surface area contributed by atoms with Crippen molar-refractivity contribution in [3.8, 4) is 0 Å². The number of aryl methyl sites for hydroxylation is 1. The van der Waals surface area contributed by atoms with Crippen LogP contribution in [0, 0.1) is 5.92 Å². The first-order valence-electron chi connectivity index (χ1n) is 7.37. The van der Waals surface area contributed by atoms with E-state index in [0.717, 1.165) is 5.56 Å². The van der Waals surface area contributed by atoms with Gasteiger partial charge in [-0.1, -0.05) is 44.2 Å². The lowest BCUT2D eigenvalue weighted by Gasteiger charge is -2.19. The second-order valence-corrected chi connectivity index (χ2v) is 7.42. The molecule has 0 aliphatic rings. The van der Waals surface area contributed by atoms with Gasteiger partial charge in [-0.05, 0) is 12.0 Å². The Morgan fingerprint density at radius 2 is 1.91 bits per heavy atom. The summed E-state index contributed by atoms with van der Waals surface area (Å²) in [5.41, 5.74) is 0.902. The quantitative estimate of drug-likeness (QED) is 0.832. The zero-order valence-corrected chi connectivity index (χ0v) is 14.2. The molecular weight excluding hydrogens is 314 g/mol. The minimum absolute atomic E-state index is 0.0344. The van der Waals surface area contributed by atoms with E-state index in [0.29, 0.717) is 6.42 Å². The van der Waals surface area contributed by atoms with Crippen LogP contribution >= 0.6 is 0 Å². The van der Waals surface area contributed by atoms with Crippen LogP contribution in [-0.4, -0.2) is 29.8 Å². The van der Waals surface area contributed by atoms with Gasteiger partial charge in [0.1, 0.15) is 0 Å². The number of carbonyl (C=O) groups is 1. The maximum Gasteiger partial charge on any atom is 0.258 e. The van der Waals surface area contributed by atoms with Crippen LogP contribution in [0.5, 0.6) is 0 Å². The first-order valence-corrected chi connectivity index (χ1v) is 8.86. The first-order chi connectivity index (χ1) is 10.8. The number of benzene rings is 1. The summed E-state index contributed by atoms with van der Waals surface area (Å²) in [6, 6.07) is 8.54. The molecule has 124 valence electrons. The van der Waals surface area contributed by atoms with Crippen LogP contribution in [0.15, 0.2) is 47.9 Å². The van der Waals surface area contributed by atoms with E-state index in [2.05, 4.69) is 9.71 Å². The van der Waals surface area contributed by atoms with Crippen LogP contribution in [0.1, 0.15) is 19.4 Å². The molecule has 0 unspecified atom stereocenters. The number of imidazole rings is 1. The molecule has 1 aromatic carbocycles. The highest BCUT2D eigenvalue weighted by molar-refractivity contribution is 7.89. The summed E-state index contributed by atoms with van der Waals surface area (Å²) in [7, 11) is -2.22. The molecule has 0 radical (unpaired) electrons. The molecule has 1 atom stereocenters. The van der Waals surface area contributed by atoms with Crippen molar-refractivity contribution in [3.05, 3.63) is 48.4 Å². The van der Waals surface area contributed by atoms with Gasteiger partial charge < -0.3 is 4.57 Å². The fraction of sp³-hybridized carbons (Fsp3) is 0.375. The molecule has 0 spiro atoms. The molecule has 1 heterocycles. The average Bonchev–Trinajstić information content (AvgIpc) is 2.93. The Labute approximate surface area is 136 Å². The zero-order valence-electron chi connectivity index (χ0n) is 13.4. The van der Waals surface area contributed by atoms with Crippen molar-refractivity contribution in [1.29, 1.82) is 0 Å². The molecule has 7 heteroatoms. The Hall–Kier alpha value is -1.99. The van der Waals surface area contributed by atoms with E-state index in [1.165, 1.54) is 17.1 Å². The summed E-state index contributed by atoms with van der Waals surface area (Å²) < 4.78 is 29.0. The smallest absolute Gasteiger partial charge is 0.258 e. The minimum atomic E-state index is -3.82. The number of sulfonamides is 1. The highest BCUT2D eigenvalue weighted by Gasteiger charge is 2.28. The Morgan fingerprint density at radius 3 is 2.43 bits per heavy atom. The minimum Gasteiger partial charge on any atom is -0.324 e. The van der Waals surface area contributed by atoms with Crippen molar-refractivity contribution < 1.29 is 13.2 Å². The van der Waals surface area contributed by atoms with Gasteiger partial charge in [-0.25, -0.2) is 13.4 Å². The monoisotopic (exact) mass is 335 g/mol. The summed E-state index contributed by atoms with van der Waals surface area (Å²) >= 11 is 0. The van der Waals surface area contributed by atoms with Gasteiger partial charge in [-0.3, -0.25) is 4.79 Å². The van der Waals surface area contributed by atoms with Crippen molar-refractivity contribution in [2.24, 2.45) is 13.0 Å². The van der Waals surface area contributed by atoms with Gasteiger partial charge in [0, 0.05) is 13.0 Å². The second-order valence-electron chi connectivity index (χ2n) is 5.76. The van der Waals surface area contributed by atoms with Gasteiger partial charge in [0.05, 0.1) is 18.6 Å². The highest BCUT2D eigenvalue weighted by Crippen LogP contribution is 2.13. The largest absolute Gasteiger partial charge is 0.324 e. The molecule has 2 rings (SSSR count). The normalized spacial score (nSPS) is 13.2. The molecule has 2 aromatic rings. The Bertz CT molecular complexity index is 767. The lowest BCUT2D eigenvalue weighted by molar-refractivity contribution is -0.123. The third-order valence-corrected chi connectivity index (χ3v) is 5.08. The second kappa shape index (κ2) is 7.06. The molecule has 0 amide bonds. The summed E-state index contributed by atoms with van der Waals surface area (Å²) in [5, 5.41) is 0.0344. The van der Waals surface area contributed by atoms with Crippen LogP contribution in [0.4, 0.5) is 0 Å². The van der Waals surface area contributed by atoms with E-state index in [-0.39, 0.29) is 16.7 Å². The predicted molar refractivity (Wildman–Crippen MR) is 87.3 cm³/mol. The SMILES string of the molecule is CC(C)C(=O)[C@H](Cc1ccccc1)NS(=O)(=O)c1cncn1C. The van der Waals surface area contributed by atoms with Crippen molar-refractivity contribution in [2.75, 3.05) is 0 Å². The van der Waals surface area contributed by atoms with Crippen molar-refractivity contribution in [3.63, 3.8) is 0 Å². The summed E-state index contributed by atoms with van der Waals surface area (Å²) in [6.45, 7) is 3.53. The Balaban J connectivity index is 2.28. The standard InChI is InChI=1S/C16H21N3O3S/c1-12(2)16(20)14(9-13-7-5-4-6-8-13)18-23(21,22)15-10-17-11-19(15)3/h4-8,10-12,14,18H,9H2,1-3H3/t14-/m0/s1. The maximum absolute atomic E-state index is 12.5. The van der Waals surface area contributed by atoms with E-state index < -0.39 is 16.1 Å². The van der Waals surface area contributed by atoms with Crippen molar-refractivity contribution >= 4 is 15.8 Å². The van der Waals surface area contributed by atoms with Gasteiger partial charge in [0.15, 0.2) is 10.8 Å². The fourth-order valence-corrected chi connectivity index (χ4v) is 3.62. The lowest BCUT2D eigenvalue weighted by Crippen LogP contribution is -2.44. The van der Waals surface area contributed by atoms with Crippen LogP contribution in [0.3, 0.4) is 0 Å². The predicted octanol–water partition coefficient (Wildman–Crippen LogP) is 1.53. The number of hydrogen-bond acceptors (Lipinski definition) is 4. The van der Waals surface area contributed by atoms with E-state index >= 15 is 0 Å². The summed E-state index contributed by atoms with van der Waals surface area (Å²) in [4.78, 5) is 16.2. The van der Waals surface area contributed by atoms with E-state index in [4.69, 9.17) is 0 Å². The topological polar surface area (TPSA) is 81.1 Å². The van der Waals surface area contributed by atoms with Crippen LogP contribution < -0.4 is 4.72 Å². The molecule has 0 aliphatic carbocycles. The third kappa shape index (κ3) is 4.27. The first kappa shape index (κ1) is 17.4. The van der Waals surface area contributed by atoms with Gasteiger partial charge >= 0.3 is 0 Å². The maximum atomic E-state index is 12.5. The Morgan fingerprint density at radius 1 is 1.26 bits per heavy atom. The molecule has 1 N–H and O–H groups in total. The highest BCUT2D eigenvalue weighted by atomic mass is 32.2. The van der Waals surface area contributed by atoms with Gasteiger partial charge in [0.2, 0.25) is 0 Å². The number of ketones is 1. The number of nitrogens with one attached hydrogen (secondary N) is 1. The van der Waals surface area contributed by atoms with Crippen molar-refractivity contribution in [1.82, 2.24) is 14.3 Å². The Kier molecular flexibility index (Phi) is 5.33. The number of hydrogen-bond donors (Lipinski definition) is 1.